The Balaban J connectivity index is 2.17. The number of ether oxygens (including phenoxy) is 1. The zero-order chi connectivity index (χ0) is 10.8. The Hall–Kier alpha value is -0.870. The van der Waals surface area contributed by atoms with Crippen LogP contribution < -0.4 is 4.90 Å². The molecule has 82 valence electrons. The molecule has 0 radical (unpaired) electrons. The van der Waals surface area contributed by atoms with E-state index in [0.29, 0.717) is 6.04 Å². The Morgan fingerprint density at radius 2 is 2.40 bits per heavy atom. The summed E-state index contributed by atoms with van der Waals surface area (Å²) in [5.74, 6) is 0. The van der Waals surface area contributed by atoms with Gasteiger partial charge in [-0.2, -0.15) is 0 Å². The highest BCUT2D eigenvalue weighted by Crippen LogP contribution is 2.26. The molecule has 15 heavy (non-hydrogen) atoms. The monoisotopic (exact) mass is 225 g/mol. The molecule has 1 aromatic heterocycles. The summed E-state index contributed by atoms with van der Waals surface area (Å²) in [5.41, 5.74) is 1.14. The van der Waals surface area contributed by atoms with Crippen molar-refractivity contribution in [2.75, 3.05) is 18.1 Å². The average molecular weight is 225 g/mol. The molecule has 2 rings (SSSR count). The van der Waals surface area contributed by atoms with Crippen LogP contribution >= 0.6 is 11.3 Å². The summed E-state index contributed by atoms with van der Waals surface area (Å²) in [6, 6.07) is 2.34. The van der Waals surface area contributed by atoms with Gasteiger partial charge in [-0.05, 0) is 19.9 Å². The van der Waals surface area contributed by atoms with Gasteiger partial charge in [0.25, 0.3) is 0 Å². The Bertz CT molecular complexity index is 350. The summed E-state index contributed by atoms with van der Waals surface area (Å²) < 4.78 is 5.57. The Morgan fingerprint density at radius 3 is 3.07 bits per heavy atom. The molecule has 0 aromatic carbocycles. The van der Waals surface area contributed by atoms with Gasteiger partial charge in [-0.15, -0.1) is 11.3 Å². The van der Waals surface area contributed by atoms with E-state index < -0.39 is 0 Å². The van der Waals surface area contributed by atoms with E-state index in [1.165, 1.54) is 11.3 Å². The van der Waals surface area contributed by atoms with Gasteiger partial charge in [0.15, 0.2) is 6.29 Å². The normalized spacial score (nSPS) is 26.7. The number of morpholine rings is 1. The van der Waals surface area contributed by atoms with Crippen LogP contribution in [0.15, 0.2) is 11.4 Å². The van der Waals surface area contributed by atoms with Crippen LogP contribution in [0.3, 0.4) is 0 Å². The van der Waals surface area contributed by atoms with Crippen molar-refractivity contribution in [2.45, 2.75) is 26.0 Å². The maximum atomic E-state index is 10.6. The molecule has 2 heterocycles. The first-order valence-corrected chi connectivity index (χ1v) is 6.00. The molecule has 0 saturated carbocycles. The third-order valence-electron chi connectivity index (χ3n) is 2.66. The quantitative estimate of drug-likeness (QED) is 0.722. The van der Waals surface area contributed by atoms with Crippen molar-refractivity contribution in [2.24, 2.45) is 0 Å². The molecule has 1 fully saturated rings. The third kappa shape index (κ3) is 2.21. The molecule has 2 unspecified atom stereocenters. The van der Waals surface area contributed by atoms with Crippen LogP contribution in [-0.4, -0.2) is 31.6 Å². The van der Waals surface area contributed by atoms with E-state index in [2.05, 4.69) is 18.7 Å². The molecule has 0 aliphatic carbocycles. The number of rotatable bonds is 2. The van der Waals surface area contributed by atoms with Gasteiger partial charge >= 0.3 is 0 Å². The fraction of sp³-hybridized carbons (Fsp3) is 0.545. The Kier molecular flexibility index (Phi) is 3.07. The van der Waals surface area contributed by atoms with Gasteiger partial charge in [-0.25, -0.2) is 0 Å². The van der Waals surface area contributed by atoms with Gasteiger partial charge in [0.2, 0.25) is 0 Å². The molecular formula is C11H15NO2S. The molecule has 1 aromatic rings. The molecule has 2 atom stereocenters. The van der Waals surface area contributed by atoms with Gasteiger partial charge in [-0.3, -0.25) is 4.79 Å². The first kappa shape index (κ1) is 10.6. The van der Waals surface area contributed by atoms with Crippen LogP contribution in [-0.2, 0) is 4.74 Å². The van der Waals surface area contributed by atoms with Gasteiger partial charge in [0, 0.05) is 23.7 Å². The summed E-state index contributed by atoms with van der Waals surface area (Å²) >= 11 is 1.50. The van der Waals surface area contributed by atoms with Gasteiger partial charge in [0.1, 0.15) is 0 Å². The number of hydrogen-bond donors (Lipinski definition) is 0. The predicted octanol–water partition coefficient (Wildman–Crippen LogP) is 2.17. The molecule has 0 bridgehead atoms. The number of nitrogens with zero attached hydrogens (tertiary/aromatic N) is 1. The molecule has 0 N–H and O–H groups in total. The minimum atomic E-state index is 0.265. The molecule has 3 nitrogen and oxygen atoms in total. The van der Waals surface area contributed by atoms with Crippen molar-refractivity contribution in [3.63, 3.8) is 0 Å². The number of aldehydes is 1. The summed E-state index contributed by atoms with van der Waals surface area (Å²) in [6.07, 6.45) is 1.17. The SMILES string of the molecule is CC1CN(c2csc(C=O)c2)C(C)CO1. The fourth-order valence-electron chi connectivity index (χ4n) is 1.82. The van der Waals surface area contributed by atoms with Crippen LogP contribution in [0, 0.1) is 0 Å². The first-order chi connectivity index (χ1) is 7.20. The second-order valence-electron chi connectivity index (χ2n) is 3.97. The van der Waals surface area contributed by atoms with E-state index in [0.717, 1.165) is 30.0 Å². The summed E-state index contributed by atoms with van der Waals surface area (Å²) in [6.45, 7) is 5.87. The lowest BCUT2D eigenvalue weighted by molar-refractivity contribution is 0.0344. The molecule has 1 aliphatic heterocycles. The number of thiophene rings is 1. The summed E-state index contributed by atoms with van der Waals surface area (Å²) in [7, 11) is 0. The van der Waals surface area contributed by atoms with Crippen molar-refractivity contribution in [3.05, 3.63) is 16.3 Å². The second kappa shape index (κ2) is 4.33. The highest BCUT2D eigenvalue weighted by atomic mass is 32.1. The minimum Gasteiger partial charge on any atom is -0.375 e. The van der Waals surface area contributed by atoms with E-state index in [4.69, 9.17) is 4.74 Å². The van der Waals surface area contributed by atoms with Crippen molar-refractivity contribution in [1.82, 2.24) is 0 Å². The highest BCUT2D eigenvalue weighted by molar-refractivity contribution is 7.12. The zero-order valence-corrected chi connectivity index (χ0v) is 9.79. The van der Waals surface area contributed by atoms with Crippen molar-refractivity contribution in [1.29, 1.82) is 0 Å². The van der Waals surface area contributed by atoms with Crippen LogP contribution in [0.1, 0.15) is 23.5 Å². The highest BCUT2D eigenvalue weighted by Gasteiger charge is 2.24. The van der Waals surface area contributed by atoms with Crippen LogP contribution in [0.5, 0.6) is 0 Å². The molecule has 0 spiro atoms. The zero-order valence-electron chi connectivity index (χ0n) is 8.97. The van der Waals surface area contributed by atoms with E-state index >= 15 is 0 Å². The standard InChI is InChI=1S/C11H15NO2S/c1-8-6-14-9(2)4-12(8)10-3-11(5-13)15-7-10/h3,5,7-9H,4,6H2,1-2H3. The Labute approximate surface area is 93.7 Å². The topological polar surface area (TPSA) is 29.5 Å². The van der Waals surface area contributed by atoms with Crippen molar-refractivity contribution in [3.8, 4) is 0 Å². The van der Waals surface area contributed by atoms with E-state index in [1.807, 2.05) is 11.4 Å². The smallest absolute Gasteiger partial charge is 0.160 e. The average Bonchev–Trinajstić information content (AvgIpc) is 2.70. The van der Waals surface area contributed by atoms with Crippen LogP contribution in [0.2, 0.25) is 0 Å². The lowest BCUT2D eigenvalue weighted by atomic mass is 10.2. The van der Waals surface area contributed by atoms with Crippen LogP contribution in [0.4, 0.5) is 5.69 Å². The molecule has 4 heteroatoms. The minimum absolute atomic E-state index is 0.265. The van der Waals surface area contributed by atoms with E-state index in [9.17, 15) is 4.79 Å². The van der Waals surface area contributed by atoms with Gasteiger partial charge in [0.05, 0.1) is 17.6 Å². The largest absolute Gasteiger partial charge is 0.375 e. The van der Waals surface area contributed by atoms with Gasteiger partial charge < -0.3 is 9.64 Å². The van der Waals surface area contributed by atoms with Crippen molar-refractivity contribution >= 4 is 23.3 Å². The lowest BCUT2D eigenvalue weighted by Gasteiger charge is -2.37. The first-order valence-electron chi connectivity index (χ1n) is 5.12. The predicted molar refractivity (Wildman–Crippen MR) is 61.9 cm³/mol. The number of carbonyl (C=O) groups is 1. The molecular weight excluding hydrogens is 210 g/mol. The molecule has 1 saturated heterocycles. The third-order valence-corrected chi connectivity index (χ3v) is 3.51. The van der Waals surface area contributed by atoms with Gasteiger partial charge in [-0.1, -0.05) is 0 Å². The summed E-state index contributed by atoms with van der Waals surface area (Å²) in [4.78, 5) is 13.7. The number of carbonyl (C=O) groups excluding carboxylic acids is 1. The second-order valence-corrected chi connectivity index (χ2v) is 4.91. The van der Waals surface area contributed by atoms with E-state index in [1.54, 1.807) is 0 Å². The lowest BCUT2D eigenvalue weighted by Crippen LogP contribution is -2.47. The van der Waals surface area contributed by atoms with Crippen molar-refractivity contribution < 1.29 is 9.53 Å². The maximum absolute atomic E-state index is 10.6. The Morgan fingerprint density at radius 1 is 1.60 bits per heavy atom. The maximum Gasteiger partial charge on any atom is 0.160 e. The van der Waals surface area contributed by atoms with E-state index in [-0.39, 0.29) is 6.10 Å². The molecule has 0 amide bonds. The number of anilines is 1. The number of hydrogen-bond acceptors (Lipinski definition) is 4. The summed E-state index contributed by atoms with van der Waals surface area (Å²) in [5, 5.41) is 2.04. The molecule has 1 aliphatic rings. The van der Waals surface area contributed by atoms with Crippen LogP contribution in [0.25, 0.3) is 0 Å². The fourth-order valence-corrected chi connectivity index (χ4v) is 2.52.